The summed E-state index contributed by atoms with van der Waals surface area (Å²) in [5, 5.41) is 17.5. The zero-order valence-electron chi connectivity index (χ0n) is 42.7. The third kappa shape index (κ3) is 15.1. The maximum Gasteiger partial charge on any atom is 0.338 e. The van der Waals surface area contributed by atoms with Gasteiger partial charge in [0.1, 0.15) is 41.4 Å². The molecule has 2 fully saturated rings. The van der Waals surface area contributed by atoms with Gasteiger partial charge in [0, 0.05) is 13.1 Å². The highest BCUT2D eigenvalue weighted by atomic mass is 127. The lowest BCUT2D eigenvalue weighted by Gasteiger charge is -2.36. The lowest BCUT2D eigenvalue weighted by atomic mass is 9.85. The number of hydrogen-bond donors (Lipinski definition) is 6. The number of rotatable bonds is 20. The molecule has 390 valence electrons. The molecule has 2 aliphatic heterocycles. The first-order valence-electron chi connectivity index (χ1n) is 24.4. The Morgan fingerprint density at radius 3 is 1.36 bits per heavy atom. The van der Waals surface area contributed by atoms with Crippen LogP contribution in [-0.4, -0.2) is 132 Å². The average Bonchev–Trinajstić information content (AvgIpc) is 4.08. The summed E-state index contributed by atoms with van der Waals surface area (Å²) in [6.45, 7) is 12.9. The van der Waals surface area contributed by atoms with Crippen LogP contribution in [0.15, 0.2) is 84.9 Å². The third-order valence-corrected chi connectivity index (χ3v) is 14.1. The summed E-state index contributed by atoms with van der Waals surface area (Å²) < 4.78 is 11.0. The molecular weight excluding hydrogens is 1040 g/mol. The minimum atomic E-state index is -0.900. The van der Waals surface area contributed by atoms with Crippen molar-refractivity contribution < 1.29 is 47.8 Å². The molecule has 72 heavy (non-hydrogen) atoms. The molecule has 3 aromatic carbocycles. The summed E-state index contributed by atoms with van der Waals surface area (Å²) in [5.41, 5.74) is 0.0649. The van der Waals surface area contributed by atoms with Crippen molar-refractivity contribution in [1.82, 2.24) is 41.7 Å². The topological polar surface area (TPSA) is 234 Å². The summed E-state index contributed by atoms with van der Waals surface area (Å²) >= 11 is 1.94. The van der Waals surface area contributed by atoms with Gasteiger partial charge in [0.2, 0.25) is 35.4 Å². The van der Waals surface area contributed by atoms with Gasteiger partial charge in [-0.1, -0.05) is 131 Å². The van der Waals surface area contributed by atoms with Crippen LogP contribution in [0.4, 0.5) is 0 Å². The number of alkyl halides is 1. The van der Waals surface area contributed by atoms with Gasteiger partial charge in [-0.15, -0.1) is 0 Å². The van der Waals surface area contributed by atoms with Crippen LogP contribution in [0, 0.1) is 10.8 Å². The van der Waals surface area contributed by atoms with Crippen molar-refractivity contribution in [1.29, 1.82) is 0 Å². The highest BCUT2D eigenvalue weighted by molar-refractivity contribution is 14.1. The van der Waals surface area contributed by atoms with E-state index in [0.29, 0.717) is 49.9 Å². The standard InChI is InChI=1S/C53H71IN8O10/c1-32(55-8)44(63)59-41(52(2,3)4)48(67)61-27-17-25-39(61)45(64)57-37(33-19-12-10-13-20-33)30-71-50(69)35-23-16-24-36(29-35)51(70)72-31-38(34-21-14-11-15-22-34)58-46(65)40-26-18-28-62(40)49(68)42(53(5,6)7)60-47(66)43(54)56-9/h10-16,19-24,29,32,37-43,55-56H,17-18,25-28,30-31H2,1-9H3,(H,57,64)(H,58,65)(H,59,63)(H,60,66)/t32-,37+,38+,39-,40-,41+,42+,43+/m0/s1. The van der Waals surface area contributed by atoms with Crippen LogP contribution in [0.5, 0.6) is 0 Å². The largest absolute Gasteiger partial charge is 0.460 e. The number of likely N-dealkylation sites (tertiary alicyclic amines) is 2. The Hall–Kier alpha value is -5.93. The van der Waals surface area contributed by atoms with E-state index in [2.05, 4.69) is 31.9 Å². The van der Waals surface area contributed by atoms with Crippen molar-refractivity contribution in [3.8, 4) is 0 Å². The molecule has 0 spiro atoms. The molecule has 0 aromatic heterocycles. The Bertz CT molecular complexity index is 2230. The van der Waals surface area contributed by atoms with Crippen LogP contribution in [0.1, 0.15) is 118 Å². The first-order valence-corrected chi connectivity index (χ1v) is 25.7. The number of likely N-dealkylation sites (N-methyl/N-ethyl adjacent to an activating group) is 2. The van der Waals surface area contributed by atoms with Crippen LogP contribution in [-0.2, 0) is 38.2 Å². The molecule has 2 saturated heterocycles. The highest BCUT2D eigenvalue weighted by Gasteiger charge is 2.44. The number of carbonyl (C=O) groups excluding carboxylic acids is 8. The van der Waals surface area contributed by atoms with Crippen LogP contribution >= 0.6 is 22.6 Å². The molecule has 0 bridgehead atoms. The minimum absolute atomic E-state index is 0.0431. The molecule has 0 saturated carbocycles. The quantitative estimate of drug-likeness (QED) is 0.0402. The van der Waals surface area contributed by atoms with E-state index in [1.165, 1.54) is 34.1 Å². The van der Waals surface area contributed by atoms with Crippen LogP contribution < -0.4 is 31.9 Å². The average molecular weight is 1110 g/mol. The molecule has 18 nitrogen and oxygen atoms in total. The minimum Gasteiger partial charge on any atom is -0.460 e. The van der Waals surface area contributed by atoms with Gasteiger partial charge >= 0.3 is 11.9 Å². The molecule has 6 N–H and O–H groups in total. The predicted octanol–water partition coefficient (Wildman–Crippen LogP) is 4.35. The van der Waals surface area contributed by atoms with E-state index in [4.69, 9.17) is 9.47 Å². The maximum absolute atomic E-state index is 14.1. The van der Waals surface area contributed by atoms with Gasteiger partial charge in [-0.05, 0) is 86.9 Å². The summed E-state index contributed by atoms with van der Waals surface area (Å²) in [6, 6.07) is 18.1. The molecule has 2 aliphatic rings. The fourth-order valence-electron chi connectivity index (χ4n) is 8.59. The Labute approximate surface area is 436 Å². The second-order valence-corrected chi connectivity index (χ2v) is 21.6. The molecule has 0 aliphatic carbocycles. The molecular formula is C53H71IN8O10. The summed E-state index contributed by atoms with van der Waals surface area (Å²) in [7, 11) is 3.30. The van der Waals surface area contributed by atoms with Crippen LogP contribution in [0.2, 0.25) is 0 Å². The number of hydrogen-bond acceptors (Lipinski definition) is 12. The second kappa shape index (κ2) is 25.6. The SMILES string of the molecule is CN[C@@H](C)C(=O)N[C@H](C(=O)N1CCC[C@H]1C(=O)N[C@H](COC(=O)c1cccc(C(=O)OC[C@@H](NC(=O)[C@@H]2CCCN2C(=O)[C@@H](NC(=O)[C@H](I)NC)C(C)(C)C)c2ccccc2)c1)c1ccccc1)C(C)(C)C. The van der Waals surface area contributed by atoms with E-state index >= 15 is 0 Å². The number of esters is 2. The molecule has 0 unspecified atom stereocenters. The number of nitrogens with one attached hydrogen (secondary N) is 6. The summed E-state index contributed by atoms with van der Waals surface area (Å²) in [5.74, 6) is -3.84. The predicted molar refractivity (Wildman–Crippen MR) is 279 cm³/mol. The van der Waals surface area contributed by atoms with Crippen molar-refractivity contribution in [2.24, 2.45) is 10.8 Å². The van der Waals surface area contributed by atoms with Crippen molar-refractivity contribution in [2.45, 2.75) is 120 Å². The Morgan fingerprint density at radius 2 is 0.986 bits per heavy atom. The lowest BCUT2D eigenvalue weighted by Crippen LogP contribution is -2.59. The number of halogens is 1. The van der Waals surface area contributed by atoms with E-state index < -0.39 is 80.9 Å². The van der Waals surface area contributed by atoms with Gasteiger partial charge in [0.05, 0.1) is 29.3 Å². The number of benzene rings is 3. The smallest absolute Gasteiger partial charge is 0.338 e. The van der Waals surface area contributed by atoms with Crippen molar-refractivity contribution in [3.63, 3.8) is 0 Å². The Morgan fingerprint density at radius 1 is 0.583 bits per heavy atom. The van der Waals surface area contributed by atoms with Crippen LogP contribution in [0.3, 0.4) is 0 Å². The molecule has 6 amide bonds. The fourth-order valence-corrected chi connectivity index (χ4v) is 8.77. The first-order chi connectivity index (χ1) is 34.0. The van der Waals surface area contributed by atoms with E-state index in [9.17, 15) is 38.4 Å². The van der Waals surface area contributed by atoms with E-state index in [1.807, 2.05) is 76.3 Å². The highest BCUT2D eigenvalue weighted by Crippen LogP contribution is 2.29. The van der Waals surface area contributed by atoms with Gasteiger partial charge in [-0.3, -0.25) is 28.8 Å². The number of carbonyl (C=O) groups is 8. The number of nitrogens with zero attached hydrogens (tertiary/aromatic N) is 2. The Balaban J connectivity index is 1.25. The van der Waals surface area contributed by atoms with Gasteiger partial charge in [-0.25, -0.2) is 9.59 Å². The van der Waals surface area contributed by atoms with E-state index in [1.54, 1.807) is 69.6 Å². The Kier molecular flexibility index (Phi) is 20.3. The maximum atomic E-state index is 14.1. The van der Waals surface area contributed by atoms with Gasteiger partial charge < -0.3 is 51.2 Å². The van der Waals surface area contributed by atoms with Gasteiger partial charge in [0.15, 0.2) is 0 Å². The molecule has 3 aromatic rings. The third-order valence-electron chi connectivity index (χ3n) is 12.9. The lowest BCUT2D eigenvalue weighted by molar-refractivity contribution is -0.144. The summed E-state index contributed by atoms with van der Waals surface area (Å²) in [4.78, 5) is 112. The van der Waals surface area contributed by atoms with Crippen molar-refractivity contribution in [3.05, 3.63) is 107 Å². The monoisotopic (exact) mass is 1110 g/mol. The van der Waals surface area contributed by atoms with E-state index in [0.717, 1.165) is 0 Å². The zero-order valence-corrected chi connectivity index (χ0v) is 44.9. The molecule has 19 heteroatoms. The van der Waals surface area contributed by atoms with Crippen molar-refractivity contribution >= 4 is 70.0 Å². The first kappa shape index (κ1) is 57.0. The van der Waals surface area contributed by atoms with Crippen molar-refractivity contribution in [2.75, 3.05) is 40.4 Å². The van der Waals surface area contributed by atoms with Gasteiger partial charge in [-0.2, -0.15) is 0 Å². The normalized spacial score (nSPS) is 18.4. The number of amides is 6. The molecule has 0 radical (unpaired) electrons. The second-order valence-electron chi connectivity index (χ2n) is 20.4. The fraction of sp³-hybridized carbons (Fsp3) is 0.509. The molecule has 5 rings (SSSR count). The summed E-state index contributed by atoms with van der Waals surface area (Å²) in [6.07, 6.45) is 1.94. The van der Waals surface area contributed by atoms with Crippen LogP contribution in [0.25, 0.3) is 0 Å². The molecule has 8 atom stereocenters. The molecule has 2 heterocycles. The van der Waals surface area contributed by atoms with Gasteiger partial charge in [0.25, 0.3) is 0 Å². The number of ether oxygens (including phenoxy) is 2. The van der Waals surface area contributed by atoms with E-state index in [-0.39, 0.29) is 48.0 Å². The zero-order chi connectivity index (χ0) is 52.9.